The third-order valence-corrected chi connectivity index (χ3v) is 4.92. The Balaban J connectivity index is 1.70. The quantitative estimate of drug-likeness (QED) is 0.792. The van der Waals surface area contributed by atoms with E-state index in [1.165, 1.54) is 45.2 Å². The molecule has 2 fully saturated rings. The molecule has 0 radical (unpaired) electrons. The van der Waals surface area contributed by atoms with Crippen LogP contribution in [0.1, 0.15) is 46.0 Å². The Labute approximate surface area is 101 Å². The van der Waals surface area contributed by atoms with Crippen LogP contribution in [-0.2, 0) is 0 Å². The lowest BCUT2D eigenvalue weighted by atomic mass is 9.95. The lowest BCUT2D eigenvalue weighted by Crippen LogP contribution is -2.46. The molecular weight excluding hydrogens is 196 g/mol. The van der Waals surface area contributed by atoms with Gasteiger partial charge in [0.2, 0.25) is 0 Å². The zero-order valence-electron chi connectivity index (χ0n) is 11.2. The van der Waals surface area contributed by atoms with Crippen molar-refractivity contribution < 1.29 is 0 Å². The predicted octanol–water partition coefficient (Wildman–Crippen LogP) is 2.49. The highest BCUT2D eigenvalue weighted by Gasteiger charge is 2.26. The van der Waals surface area contributed by atoms with Crippen molar-refractivity contribution in [2.45, 2.75) is 58.0 Å². The van der Waals surface area contributed by atoms with Crippen molar-refractivity contribution in [3.8, 4) is 0 Å². The Morgan fingerprint density at radius 2 is 2.00 bits per heavy atom. The Morgan fingerprint density at radius 1 is 1.19 bits per heavy atom. The summed E-state index contributed by atoms with van der Waals surface area (Å²) in [5.41, 5.74) is 0. The monoisotopic (exact) mass is 224 g/mol. The van der Waals surface area contributed by atoms with Crippen molar-refractivity contribution in [3.05, 3.63) is 0 Å². The summed E-state index contributed by atoms with van der Waals surface area (Å²) in [6.45, 7) is 7.31. The van der Waals surface area contributed by atoms with Gasteiger partial charge in [-0.25, -0.2) is 0 Å². The molecule has 1 aliphatic carbocycles. The smallest absolute Gasteiger partial charge is 0.00941 e. The number of rotatable bonds is 3. The molecule has 1 aliphatic heterocycles. The van der Waals surface area contributed by atoms with E-state index >= 15 is 0 Å². The molecule has 0 spiro atoms. The summed E-state index contributed by atoms with van der Waals surface area (Å²) in [4.78, 5) is 2.48. The van der Waals surface area contributed by atoms with E-state index < -0.39 is 0 Å². The van der Waals surface area contributed by atoms with Crippen LogP contribution in [-0.4, -0.2) is 37.1 Å². The minimum absolute atomic E-state index is 0.757. The lowest BCUT2D eigenvalue weighted by Gasteiger charge is -2.36. The summed E-state index contributed by atoms with van der Waals surface area (Å²) in [6.07, 6.45) is 7.03. The van der Waals surface area contributed by atoms with Gasteiger partial charge >= 0.3 is 0 Å². The van der Waals surface area contributed by atoms with Crippen molar-refractivity contribution >= 4 is 0 Å². The largest absolute Gasteiger partial charge is 0.314 e. The molecule has 0 aromatic heterocycles. The molecule has 0 aromatic rings. The molecule has 2 rings (SSSR count). The Hall–Kier alpha value is -0.0800. The van der Waals surface area contributed by atoms with Crippen LogP contribution < -0.4 is 5.32 Å². The van der Waals surface area contributed by atoms with Gasteiger partial charge in [0.1, 0.15) is 0 Å². The first kappa shape index (κ1) is 12.4. The number of nitrogens with zero attached hydrogens (tertiary/aromatic N) is 1. The second kappa shape index (κ2) is 5.50. The van der Waals surface area contributed by atoms with Gasteiger partial charge < -0.3 is 10.2 Å². The molecule has 4 atom stereocenters. The first-order valence-corrected chi connectivity index (χ1v) is 7.10. The molecule has 0 aromatic carbocycles. The van der Waals surface area contributed by atoms with Crippen LogP contribution in [0.4, 0.5) is 0 Å². The topological polar surface area (TPSA) is 15.3 Å². The summed E-state index contributed by atoms with van der Waals surface area (Å²) in [5, 5.41) is 3.82. The summed E-state index contributed by atoms with van der Waals surface area (Å²) in [6, 6.07) is 1.53. The van der Waals surface area contributed by atoms with Crippen molar-refractivity contribution in [1.82, 2.24) is 10.2 Å². The van der Waals surface area contributed by atoms with E-state index in [0.29, 0.717) is 0 Å². The van der Waals surface area contributed by atoms with E-state index in [9.17, 15) is 0 Å². The van der Waals surface area contributed by atoms with Crippen LogP contribution in [0, 0.1) is 11.8 Å². The lowest BCUT2D eigenvalue weighted by molar-refractivity contribution is 0.164. The third-order valence-electron chi connectivity index (χ3n) is 4.92. The van der Waals surface area contributed by atoms with Crippen LogP contribution in [0.3, 0.4) is 0 Å². The predicted molar refractivity (Wildman–Crippen MR) is 69.6 cm³/mol. The maximum Gasteiger partial charge on any atom is 0.00941 e. The van der Waals surface area contributed by atoms with Crippen LogP contribution >= 0.6 is 0 Å². The average Bonchev–Trinajstić information content (AvgIpc) is 2.66. The van der Waals surface area contributed by atoms with Crippen LogP contribution in [0.25, 0.3) is 0 Å². The van der Waals surface area contributed by atoms with Crippen molar-refractivity contribution in [1.29, 1.82) is 0 Å². The highest BCUT2D eigenvalue weighted by Crippen LogP contribution is 2.30. The maximum absolute atomic E-state index is 3.82. The number of hydrogen-bond donors (Lipinski definition) is 1. The summed E-state index contributed by atoms with van der Waals surface area (Å²) >= 11 is 0. The molecule has 1 heterocycles. The molecular formula is C14H28N2. The van der Waals surface area contributed by atoms with Crippen molar-refractivity contribution in [2.24, 2.45) is 11.8 Å². The Kier molecular flexibility index (Phi) is 4.26. The SMILES string of the molecule is CC1CCCC1CNC1CCN(C)C(C)C1. The Morgan fingerprint density at radius 3 is 2.62 bits per heavy atom. The van der Waals surface area contributed by atoms with Gasteiger partial charge in [0, 0.05) is 12.1 Å². The maximum atomic E-state index is 3.82. The molecule has 1 N–H and O–H groups in total. The molecule has 2 heteroatoms. The fourth-order valence-corrected chi connectivity index (χ4v) is 3.32. The fourth-order valence-electron chi connectivity index (χ4n) is 3.32. The van der Waals surface area contributed by atoms with E-state index in [4.69, 9.17) is 0 Å². The first-order chi connectivity index (χ1) is 7.66. The summed E-state index contributed by atoms with van der Waals surface area (Å²) < 4.78 is 0. The third kappa shape index (κ3) is 2.98. The van der Waals surface area contributed by atoms with Gasteiger partial charge in [0.05, 0.1) is 0 Å². The van der Waals surface area contributed by atoms with Gasteiger partial charge in [-0.1, -0.05) is 19.8 Å². The van der Waals surface area contributed by atoms with Gasteiger partial charge in [-0.3, -0.25) is 0 Å². The summed E-state index contributed by atoms with van der Waals surface area (Å²) in [7, 11) is 2.25. The minimum atomic E-state index is 0.757. The number of piperidine rings is 1. The van der Waals surface area contributed by atoms with Gasteiger partial charge in [-0.05, 0) is 58.2 Å². The number of nitrogens with one attached hydrogen (secondary N) is 1. The normalized spacial score (nSPS) is 41.4. The van der Waals surface area contributed by atoms with Crippen LogP contribution in [0.2, 0.25) is 0 Å². The van der Waals surface area contributed by atoms with Crippen molar-refractivity contribution in [3.63, 3.8) is 0 Å². The molecule has 0 amide bonds. The van der Waals surface area contributed by atoms with E-state index in [0.717, 1.165) is 23.9 Å². The second-order valence-corrected chi connectivity index (χ2v) is 6.13. The zero-order valence-corrected chi connectivity index (χ0v) is 11.2. The molecule has 94 valence electrons. The van der Waals surface area contributed by atoms with Crippen molar-refractivity contribution in [2.75, 3.05) is 20.1 Å². The highest BCUT2D eigenvalue weighted by atomic mass is 15.1. The molecule has 1 saturated carbocycles. The van der Waals surface area contributed by atoms with E-state index in [1.54, 1.807) is 0 Å². The number of hydrogen-bond acceptors (Lipinski definition) is 2. The van der Waals surface area contributed by atoms with E-state index in [1.807, 2.05) is 0 Å². The molecule has 4 unspecified atom stereocenters. The minimum Gasteiger partial charge on any atom is -0.314 e. The number of likely N-dealkylation sites (tertiary alicyclic amines) is 1. The standard InChI is InChI=1S/C14H28N2/c1-11-5-4-6-13(11)10-15-14-7-8-16(3)12(2)9-14/h11-15H,4-10H2,1-3H3. The molecule has 2 aliphatic rings. The second-order valence-electron chi connectivity index (χ2n) is 6.13. The van der Waals surface area contributed by atoms with Gasteiger partial charge in [0.25, 0.3) is 0 Å². The van der Waals surface area contributed by atoms with Crippen LogP contribution in [0.5, 0.6) is 0 Å². The Bertz CT molecular complexity index is 217. The van der Waals surface area contributed by atoms with E-state index in [-0.39, 0.29) is 0 Å². The van der Waals surface area contributed by atoms with Gasteiger partial charge in [-0.2, -0.15) is 0 Å². The average molecular weight is 224 g/mol. The highest BCUT2D eigenvalue weighted by molar-refractivity contribution is 4.83. The fraction of sp³-hybridized carbons (Fsp3) is 1.00. The van der Waals surface area contributed by atoms with E-state index in [2.05, 4.69) is 31.1 Å². The van der Waals surface area contributed by atoms with Gasteiger partial charge in [0.15, 0.2) is 0 Å². The first-order valence-electron chi connectivity index (χ1n) is 7.10. The summed E-state index contributed by atoms with van der Waals surface area (Å²) in [5.74, 6) is 1.91. The molecule has 2 nitrogen and oxygen atoms in total. The van der Waals surface area contributed by atoms with Gasteiger partial charge in [-0.15, -0.1) is 0 Å². The van der Waals surface area contributed by atoms with Crippen LogP contribution in [0.15, 0.2) is 0 Å². The molecule has 16 heavy (non-hydrogen) atoms. The zero-order chi connectivity index (χ0) is 11.5. The molecule has 0 bridgehead atoms. The molecule has 1 saturated heterocycles.